The Balaban J connectivity index is 1.67. The molecular weight excluding hydrogens is 372 g/mol. The number of benzene rings is 1. The number of nitrogens with two attached hydrogens (primary N) is 1. The molecule has 5 rings (SSSR count). The third-order valence-corrected chi connectivity index (χ3v) is 5.95. The Hall–Kier alpha value is -3.36. The van der Waals surface area contributed by atoms with Crippen LogP contribution in [0.5, 0.6) is 5.75 Å². The van der Waals surface area contributed by atoms with Crippen LogP contribution in [-0.4, -0.2) is 56.0 Å². The van der Waals surface area contributed by atoms with Crippen molar-refractivity contribution < 1.29 is 14.7 Å². The van der Waals surface area contributed by atoms with Gasteiger partial charge in [0.2, 0.25) is 11.8 Å². The monoisotopic (exact) mass is 394 g/mol. The number of carbonyl (C=O) groups is 2. The lowest BCUT2D eigenvalue weighted by Gasteiger charge is -2.35. The number of aromatic nitrogens is 2. The first-order chi connectivity index (χ1) is 14.0. The second-order valence-corrected chi connectivity index (χ2v) is 7.64. The first-order valence-electron chi connectivity index (χ1n) is 9.86. The highest BCUT2D eigenvalue weighted by atomic mass is 16.3. The molecule has 0 radical (unpaired) electrons. The molecule has 1 saturated carbocycles. The molecule has 1 aromatic heterocycles. The van der Waals surface area contributed by atoms with Gasteiger partial charge in [-0.2, -0.15) is 0 Å². The second-order valence-electron chi connectivity index (χ2n) is 7.64. The number of hydrogen-bond acceptors (Lipinski definition) is 6. The first kappa shape index (κ1) is 17.7. The fourth-order valence-electron chi connectivity index (χ4n) is 4.63. The molecule has 2 atom stereocenters. The Kier molecular flexibility index (Phi) is 3.87. The van der Waals surface area contributed by atoms with E-state index < -0.39 is 5.91 Å². The van der Waals surface area contributed by atoms with Crippen molar-refractivity contribution in [3.63, 3.8) is 0 Å². The number of guanidine groups is 1. The maximum atomic E-state index is 13.4. The molecule has 9 nitrogen and oxygen atoms in total. The summed E-state index contributed by atoms with van der Waals surface area (Å²) in [5.41, 5.74) is 6.81. The van der Waals surface area contributed by atoms with Crippen molar-refractivity contribution in [1.29, 1.82) is 0 Å². The van der Waals surface area contributed by atoms with Crippen molar-refractivity contribution in [3.8, 4) is 5.75 Å². The van der Waals surface area contributed by atoms with E-state index in [9.17, 15) is 14.7 Å². The summed E-state index contributed by atoms with van der Waals surface area (Å²) in [6, 6.07) is 6.93. The minimum absolute atomic E-state index is 0.0511. The Morgan fingerprint density at radius 1 is 1.28 bits per heavy atom. The smallest absolute Gasteiger partial charge is 0.284 e. The van der Waals surface area contributed by atoms with Crippen molar-refractivity contribution in [2.24, 2.45) is 10.7 Å². The summed E-state index contributed by atoms with van der Waals surface area (Å²) in [5.74, 6) is 0.390. The average Bonchev–Trinajstić information content (AvgIpc) is 3.37. The number of carbonyl (C=O) groups excluding carboxylic acids is 2. The molecule has 29 heavy (non-hydrogen) atoms. The number of imidazole rings is 1. The predicted molar refractivity (Wildman–Crippen MR) is 106 cm³/mol. The van der Waals surface area contributed by atoms with Crippen LogP contribution in [0.1, 0.15) is 52.9 Å². The van der Waals surface area contributed by atoms with Crippen LogP contribution in [0.2, 0.25) is 0 Å². The number of anilines is 1. The van der Waals surface area contributed by atoms with Crippen LogP contribution in [0.4, 0.5) is 5.82 Å². The van der Waals surface area contributed by atoms with Crippen LogP contribution >= 0.6 is 0 Å². The van der Waals surface area contributed by atoms with Crippen molar-refractivity contribution in [2.75, 3.05) is 11.4 Å². The van der Waals surface area contributed by atoms with Crippen LogP contribution in [0.3, 0.4) is 0 Å². The van der Waals surface area contributed by atoms with Crippen molar-refractivity contribution in [3.05, 3.63) is 41.3 Å². The Morgan fingerprint density at radius 3 is 2.72 bits per heavy atom. The molecule has 2 aromatic rings. The van der Waals surface area contributed by atoms with Gasteiger partial charge in [-0.25, -0.2) is 9.98 Å². The maximum absolute atomic E-state index is 13.4. The number of phenolic OH excluding ortho intramolecular Hbond substituents is 1. The molecule has 1 aliphatic carbocycles. The zero-order valence-electron chi connectivity index (χ0n) is 16.1. The first-order valence-corrected chi connectivity index (χ1v) is 9.86. The molecule has 1 aromatic carbocycles. The van der Waals surface area contributed by atoms with Crippen LogP contribution in [0.25, 0.3) is 0 Å². The fourth-order valence-corrected chi connectivity index (χ4v) is 4.63. The summed E-state index contributed by atoms with van der Waals surface area (Å²) in [7, 11) is 0. The second kappa shape index (κ2) is 6.33. The van der Waals surface area contributed by atoms with Crippen molar-refractivity contribution >= 4 is 23.6 Å². The Bertz CT molecular complexity index is 1040. The molecule has 2 aliphatic heterocycles. The lowest BCUT2D eigenvalue weighted by atomic mass is 10.1. The Morgan fingerprint density at radius 2 is 2.03 bits per heavy atom. The van der Waals surface area contributed by atoms with Crippen LogP contribution in [-0.2, 0) is 6.54 Å². The number of rotatable bonds is 4. The van der Waals surface area contributed by atoms with Gasteiger partial charge >= 0.3 is 0 Å². The van der Waals surface area contributed by atoms with Crippen LogP contribution in [0, 0.1) is 0 Å². The SMILES string of the molecule is CCN1C(=O)c2c(nc(C(N)=O)n2Cc2ccc(O)cc2)N2C1=N[C@@H]1CCC[C@@H]12. The maximum Gasteiger partial charge on any atom is 0.284 e. The normalized spacial score (nSPS) is 22.4. The van der Waals surface area contributed by atoms with E-state index in [2.05, 4.69) is 4.98 Å². The highest BCUT2D eigenvalue weighted by Crippen LogP contribution is 2.41. The summed E-state index contributed by atoms with van der Waals surface area (Å²) in [6.07, 6.45) is 3.04. The van der Waals surface area contributed by atoms with Gasteiger partial charge in [0.15, 0.2) is 11.5 Å². The van der Waals surface area contributed by atoms with Crippen molar-refractivity contribution in [1.82, 2.24) is 14.5 Å². The molecular formula is C20H22N6O3. The number of hydrogen-bond donors (Lipinski definition) is 2. The number of fused-ring (bicyclic) bond motifs is 5. The molecule has 0 saturated heterocycles. The molecule has 0 bridgehead atoms. The van der Waals surface area contributed by atoms with E-state index in [4.69, 9.17) is 10.7 Å². The van der Waals surface area contributed by atoms with E-state index in [1.807, 2.05) is 11.8 Å². The van der Waals surface area contributed by atoms with Crippen LogP contribution in [0.15, 0.2) is 29.3 Å². The molecule has 2 amide bonds. The molecule has 3 N–H and O–H groups in total. The van der Waals surface area contributed by atoms with Gasteiger partial charge in [-0.05, 0) is 43.9 Å². The zero-order chi connectivity index (χ0) is 20.3. The molecule has 3 aliphatic rings. The number of phenols is 1. The predicted octanol–water partition coefficient (Wildman–Crippen LogP) is 1.31. The molecule has 150 valence electrons. The van der Waals surface area contributed by atoms with E-state index in [0.717, 1.165) is 24.8 Å². The van der Waals surface area contributed by atoms with Gasteiger partial charge < -0.3 is 15.4 Å². The summed E-state index contributed by atoms with van der Waals surface area (Å²) >= 11 is 0. The third kappa shape index (κ3) is 2.53. The van der Waals surface area contributed by atoms with Gasteiger partial charge in [0, 0.05) is 6.54 Å². The third-order valence-electron chi connectivity index (χ3n) is 5.95. The van der Waals surface area contributed by atoms with Crippen LogP contribution < -0.4 is 10.6 Å². The fraction of sp³-hybridized carbons (Fsp3) is 0.400. The minimum Gasteiger partial charge on any atom is -0.508 e. The summed E-state index contributed by atoms with van der Waals surface area (Å²) in [5, 5.41) is 9.54. The quantitative estimate of drug-likeness (QED) is 0.811. The molecule has 1 fully saturated rings. The van der Waals surface area contributed by atoms with E-state index in [1.54, 1.807) is 33.7 Å². The van der Waals surface area contributed by atoms with Crippen molar-refractivity contribution in [2.45, 2.75) is 44.8 Å². The van der Waals surface area contributed by atoms with Gasteiger partial charge in [-0.3, -0.25) is 19.4 Å². The number of amides is 2. The topological polar surface area (TPSA) is 117 Å². The van der Waals surface area contributed by atoms with E-state index >= 15 is 0 Å². The van der Waals surface area contributed by atoms with Gasteiger partial charge in [0.25, 0.3) is 11.8 Å². The largest absolute Gasteiger partial charge is 0.508 e. The van der Waals surface area contributed by atoms with Gasteiger partial charge in [0.05, 0.1) is 18.6 Å². The summed E-state index contributed by atoms with van der Waals surface area (Å²) < 4.78 is 1.59. The molecule has 0 spiro atoms. The summed E-state index contributed by atoms with van der Waals surface area (Å²) in [4.78, 5) is 38.6. The van der Waals surface area contributed by atoms with E-state index in [0.29, 0.717) is 24.0 Å². The number of aromatic hydroxyl groups is 1. The van der Waals surface area contributed by atoms with Gasteiger partial charge in [-0.1, -0.05) is 12.1 Å². The highest BCUT2D eigenvalue weighted by Gasteiger charge is 2.50. The number of primary amides is 1. The number of aliphatic imine (C=N–C) groups is 1. The van der Waals surface area contributed by atoms with E-state index in [1.165, 1.54) is 0 Å². The Labute approximate surface area is 167 Å². The lowest BCUT2D eigenvalue weighted by molar-refractivity contribution is 0.0835. The molecule has 0 unspecified atom stereocenters. The standard InChI is InChI=1S/C20H22N6O3/c1-2-24-19(29)15-17(26-14-5-3-4-13(14)22-20(24)26)23-18(16(21)28)25(15)10-11-6-8-12(27)9-7-11/h6-9,13-14,27H,2-5,10H2,1H3,(H2,21,28)/t13-,14+/m1/s1. The van der Waals surface area contributed by atoms with E-state index in [-0.39, 0.29) is 36.1 Å². The number of nitrogens with zero attached hydrogens (tertiary/aromatic N) is 5. The summed E-state index contributed by atoms with van der Waals surface area (Å²) in [6.45, 7) is 2.63. The van der Waals surface area contributed by atoms with Gasteiger partial charge in [-0.15, -0.1) is 0 Å². The van der Waals surface area contributed by atoms with Gasteiger partial charge in [0.1, 0.15) is 5.75 Å². The minimum atomic E-state index is -0.685. The average molecular weight is 394 g/mol. The highest BCUT2D eigenvalue weighted by molar-refractivity contribution is 6.19. The molecule has 3 heterocycles. The lowest BCUT2D eigenvalue weighted by Crippen LogP contribution is -2.53. The molecule has 9 heteroatoms. The zero-order valence-corrected chi connectivity index (χ0v) is 16.1.